The normalized spacial score (nSPS) is 13.0. The quantitative estimate of drug-likeness (QED) is 0.646. The van der Waals surface area contributed by atoms with E-state index in [9.17, 15) is 19.7 Å². The van der Waals surface area contributed by atoms with Crippen LogP contribution in [0.2, 0.25) is 5.02 Å². The summed E-state index contributed by atoms with van der Waals surface area (Å²) in [6.07, 6.45) is 0. The van der Waals surface area contributed by atoms with Crippen LogP contribution in [0.25, 0.3) is 0 Å². The number of amides is 2. The Balaban J connectivity index is 1.83. The number of hydrogen-bond acceptors (Lipinski definition) is 6. The second kappa shape index (κ2) is 6.96. The molecule has 3 rings (SSSR count). The van der Waals surface area contributed by atoms with Crippen LogP contribution in [0.3, 0.4) is 0 Å². The summed E-state index contributed by atoms with van der Waals surface area (Å²) >= 11 is 5.88. The third kappa shape index (κ3) is 3.57. The van der Waals surface area contributed by atoms with Crippen molar-refractivity contribution >= 4 is 40.7 Å². The van der Waals surface area contributed by atoms with Crippen molar-refractivity contribution in [3.63, 3.8) is 0 Å². The number of hydrogen-bond donors (Lipinski definition) is 1. The monoisotopic (exact) mass is 376 g/mol. The van der Waals surface area contributed by atoms with E-state index in [1.807, 2.05) is 0 Å². The van der Waals surface area contributed by atoms with E-state index in [1.165, 1.54) is 12.1 Å². The van der Waals surface area contributed by atoms with Gasteiger partial charge < -0.3 is 20.2 Å². The predicted octanol–water partition coefficient (Wildman–Crippen LogP) is 2.32. The summed E-state index contributed by atoms with van der Waals surface area (Å²) < 4.78 is 5.21. The number of aromatic nitrogens is 1. The molecule has 0 saturated carbocycles. The Labute approximate surface area is 152 Å². The van der Waals surface area contributed by atoms with Gasteiger partial charge in [-0.3, -0.25) is 14.5 Å². The number of ether oxygens (including phenoxy) is 1. The first kappa shape index (κ1) is 17.6. The molecule has 1 N–H and O–H groups in total. The standard InChI is InChI=1S/C16H13ClN4O5/c1-9-6-10(17)2-3-11(9)18-14(22)7-20-15(23)8-26-12-4-5-13(21(24)25)19-16(12)20/h2-6H,7-8H2,1H3,(H,18,22). The molecule has 2 amide bonds. The maximum absolute atomic E-state index is 12.4. The van der Waals surface area contributed by atoms with Crippen LogP contribution in [0.15, 0.2) is 30.3 Å². The molecule has 134 valence electrons. The second-order valence-corrected chi connectivity index (χ2v) is 5.96. The van der Waals surface area contributed by atoms with Crippen molar-refractivity contribution in [1.29, 1.82) is 0 Å². The number of carbonyl (C=O) groups is 2. The molecule has 1 aromatic heterocycles. The van der Waals surface area contributed by atoms with E-state index in [1.54, 1.807) is 25.1 Å². The van der Waals surface area contributed by atoms with Gasteiger partial charge in [0, 0.05) is 16.8 Å². The SMILES string of the molecule is Cc1cc(Cl)ccc1NC(=O)CN1C(=O)COc2ccc([N+](=O)[O-])nc21. The lowest BCUT2D eigenvalue weighted by molar-refractivity contribution is -0.389. The Morgan fingerprint density at radius 3 is 2.88 bits per heavy atom. The van der Waals surface area contributed by atoms with E-state index in [0.29, 0.717) is 10.7 Å². The van der Waals surface area contributed by atoms with E-state index in [2.05, 4.69) is 10.3 Å². The van der Waals surface area contributed by atoms with Gasteiger partial charge in [0.15, 0.2) is 12.4 Å². The summed E-state index contributed by atoms with van der Waals surface area (Å²) in [4.78, 5) is 39.6. The van der Waals surface area contributed by atoms with Gasteiger partial charge in [0.25, 0.3) is 11.7 Å². The summed E-state index contributed by atoms with van der Waals surface area (Å²) in [5.41, 5.74) is 1.31. The summed E-state index contributed by atoms with van der Waals surface area (Å²) in [5, 5.41) is 14.1. The number of halogens is 1. The van der Waals surface area contributed by atoms with Crippen molar-refractivity contribution in [1.82, 2.24) is 4.98 Å². The van der Waals surface area contributed by atoms with E-state index in [-0.39, 0.29) is 24.7 Å². The van der Waals surface area contributed by atoms with Crippen molar-refractivity contribution in [3.05, 3.63) is 51.0 Å². The Morgan fingerprint density at radius 2 is 2.19 bits per heavy atom. The lowest BCUT2D eigenvalue weighted by Gasteiger charge is -2.24. The lowest BCUT2D eigenvalue weighted by Crippen LogP contribution is -2.44. The second-order valence-electron chi connectivity index (χ2n) is 5.52. The first-order valence-corrected chi connectivity index (χ1v) is 7.87. The third-order valence-corrected chi connectivity index (χ3v) is 3.92. The molecule has 26 heavy (non-hydrogen) atoms. The number of nitrogens with zero attached hydrogens (tertiary/aromatic N) is 3. The molecule has 0 saturated heterocycles. The summed E-state index contributed by atoms with van der Waals surface area (Å²) in [7, 11) is 0. The molecule has 0 fully saturated rings. The highest BCUT2D eigenvalue weighted by Crippen LogP contribution is 2.32. The average Bonchev–Trinajstić information content (AvgIpc) is 2.59. The molecule has 2 heterocycles. The molecule has 1 aliphatic rings. The summed E-state index contributed by atoms with van der Waals surface area (Å²) in [6.45, 7) is 1.15. The van der Waals surface area contributed by atoms with Crippen molar-refractivity contribution in [3.8, 4) is 5.75 Å². The Kier molecular flexibility index (Phi) is 4.72. The smallest absolute Gasteiger partial charge is 0.366 e. The highest BCUT2D eigenvalue weighted by Gasteiger charge is 2.33. The molecule has 0 spiro atoms. The van der Waals surface area contributed by atoms with Gasteiger partial charge >= 0.3 is 5.82 Å². The zero-order valence-electron chi connectivity index (χ0n) is 13.6. The van der Waals surface area contributed by atoms with Crippen molar-refractivity contribution in [2.24, 2.45) is 0 Å². The van der Waals surface area contributed by atoms with Crippen LogP contribution in [-0.2, 0) is 9.59 Å². The molecular formula is C16H13ClN4O5. The van der Waals surface area contributed by atoms with Crippen LogP contribution in [0, 0.1) is 17.0 Å². The first-order chi connectivity index (χ1) is 12.3. The fourth-order valence-electron chi connectivity index (χ4n) is 2.43. The fraction of sp³-hybridized carbons (Fsp3) is 0.188. The van der Waals surface area contributed by atoms with Gasteiger partial charge in [0.1, 0.15) is 6.54 Å². The molecule has 10 heteroatoms. The van der Waals surface area contributed by atoms with Crippen LogP contribution >= 0.6 is 11.6 Å². The van der Waals surface area contributed by atoms with Gasteiger partial charge in [-0.1, -0.05) is 11.6 Å². The number of nitrogens with one attached hydrogen (secondary N) is 1. The van der Waals surface area contributed by atoms with Crippen LogP contribution < -0.4 is 15.0 Å². The van der Waals surface area contributed by atoms with E-state index in [4.69, 9.17) is 16.3 Å². The molecule has 0 bridgehead atoms. The Morgan fingerprint density at radius 1 is 1.42 bits per heavy atom. The number of rotatable bonds is 4. The number of pyridine rings is 1. The van der Waals surface area contributed by atoms with Crippen molar-refractivity contribution in [2.75, 3.05) is 23.4 Å². The zero-order valence-corrected chi connectivity index (χ0v) is 14.3. The summed E-state index contributed by atoms with van der Waals surface area (Å²) in [5.74, 6) is -1.30. The maximum Gasteiger partial charge on any atom is 0.366 e. The highest BCUT2D eigenvalue weighted by molar-refractivity contribution is 6.30. The number of fused-ring (bicyclic) bond motifs is 1. The van der Waals surface area contributed by atoms with Gasteiger partial charge in [0.2, 0.25) is 5.91 Å². The van der Waals surface area contributed by atoms with Crippen LogP contribution in [-0.4, -0.2) is 34.9 Å². The number of carbonyl (C=O) groups excluding carboxylic acids is 2. The number of anilines is 2. The van der Waals surface area contributed by atoms with Gasteiger partial charge in [-0.05, 0) is 46.7 Å². The lowest BCUT2D eigenvalue weighted by atomic mass is 10.2. The molecule has 2 aromatic rings. The number of aryl methyl sites for hydroxylation is 1. The maximum atomic E-state index is 12.4. The van der Waals surface area contributed by atoms with Crippen LogP contribution in [0.5, 0.6) is 5.75 Å². The number of nitro groups is 1. The van der Waals surface area contributed by atoms with Gasteiger partial charge in [0.05, 0.1) is 0 Å². The van der Waals surface area contributed by atoms with E-state index in [0.717, 1.165) is 10.5 Å². The zero-order chi connectivity index (χ0) is 18.8. The van der Waals surface area contributed by atoms with E-state index >= 15 is 0 Å². The minimum atomic E-state index is -0.686. The van der Waals surface area contributed by atoms with Crippen LogP contribution in [0.4, 0.5) is 17.3 Å². The van der Waals surface area contributed by atoms with Gasteiger partial charge in [-0.25, -0.2) is 0 Å². The summed E-state index contributed by atoms with van der Waals surface area (Å²) in [6, 6.07) is 7.49. The molecule has 0 atom stereocenters. The number of benzene rings is 1. The van der Waals surface area contributed by atoms with Crippen molar-refractivity contribution < 1.29 is 19.2 Å². The molecule has 9 nitrogen and oxygen atoms in total. The minimum absolute atomic E-state index is 0.0570. The molecule has 0 aliphatic carbocycles. The van der Waals surface area contributed by atoms with Crippen molar-refractivity contribution in [2.45, 2.75) is 6.92 Å². The third-order valence-electron chi connectivity index (χ3n) is 3.68. The fourth-order valence-corrected chi connectivity index (χ4v) is 2.66. The first-order valence-electron chi connectivity index (χ1n) is 7.50. The Bertz CT molecular complexity index is 918. The molecule has 0 radical (unpaired) electrons. The Hall–Kier alpha value is -3.20. The molecule has 0 unspecified atom stereocenters. The topological polar surface area (TPSA) is 115 Å². The predicted molar refractivity (Wildman–Crippen MR) is 93.6 cm³/mol. The molecular weight excluding hydrogens is 364 g/mol. The van der Waals surface area contributed by atoms with Gasteiger partial charge in [-0.2, -0.15) is 0 Å². The largest absolute Gasteiger partial charge is 0.477 e. The minimum Gasteiger partial charge on any atom is -0.477 e. The van der Waals surface area contributed by atoms with E-state index < -0.39 is 22.6 Å². The molecule has 1 aromatic carbocycles. The highest BCUT2D eigenvalue weighted by atomic mass is 35.5. The van der Waals surface area contributed by atoms with Gasteiger partial charge in [-0.15, -0.1) is 0 Å². The van der Waals surface area contributed by atoms with Crippen LogP contribution in [0.1, 0.15) is 5.56 Å². The average molecular weight is 377 g/mol. The molecule has 1 aliphatic heterocycles.